The minimum atomic E-state index is -0.810. The molecular weight excluding hydrogens is 182 g/mol. The monoisotopic (exact) mass is 197 g/mol. The first-order valence-corrected chi connectivity index (χ1v) is 4.46. The van der Waals surface area contributed by atoms with Crippen molar-refractivity contribution < 1.29 is 15.3 Å². The van der Waals surface area contributed by atoms with E-state index in [1.807, 2.05) is 6.92 Å². The first kappa shape index (κ1) is 10.8. The van der Waals surface area contributed by atoms with Gasteiger partial charge in [-0.25, -0.2) is 0 Å². The quantitative estimate of drug-likeness (QED) is 0.529. The Labute approximate surface area is 82.8 Å². The summed E-state index contributed by atoms with van der Waals surface area (Å²) in [6.07, 6.45) is -0.810. The lowest BCUT2D eigenvalue weighted by molar-refractivity contribution is 0.105. The van der Waals surface area contributed by atoms with E-state index in [0.717, 1.165) is 5.56 Å². The smallest absolute Gasteiger partial charge is 0.138 e. The summed E-state index contributed by atoms with van der Waals surface area (Å²) in [4.78, 5) is 0. The second-order valence-electron chi connectivity index (χ2n) is 3.24. The van der Waals surface area contributed by atoms with Crippen molar-refractivity contribution in [3.63, 3.8) is 0 Å². The highest BCUT2D eigenvalue weighted by Crippen LogP contribution is 2.23. The minimum Gasteiger partial charge on any atom is -0.506 e. The fourth-order valence-electron chi connectivity index (χ4n) is 1.08. The van der Waals surface area contributed by atoms with Gasteiger partial charge in [-0.3, -0.25) is 0 Å². The van der Waals surface area contributed by atoms with E-state index in [9.17, 15) is 5.11 Å². The van der Waals surface area contributed by atoms with Gasteiger partial charge in [0.25, 0.3) is 0 Å². The molecular formula is C10H15NO3. The Morgan fingerprint density at radius 2 is 2.14 bits per heavy atom. The number of phenolic OH excluding ortho intramolecular Hbond substituents is 1. The molecule has 0 bridgehead atoms. The molecule has 0 aromatic heterocycles. The van der Waals surface area contributed by atoms with Crippen molar-refractivity contribution in [2.75, 3.05) is 18.5 Å². The Hall–Kier alpha value is -1.26. The summed E-state index contributed by atoms with van der Waals surface area (Å²) in [6, 6.07) is 5.16. The molecule has 0 heterocycles. The lowest BCUT2D eigenvalue weighted by Crippen LogP contribution is -2.22. The second-order valence-corrected chi connectivity index (χ2v) is 3.24. The standard InChI is InChI=1S/C10H15NO3/c1-7-2-3-10(14)9(4-7)11-5-8(13)6-12/h2-4,8,11-14H,5-6H2,1H3. The summed E-state index contributed by atoms with van der Waals surface area (Å²) in [5.74, 6) is 0.140. The Morgan fingerprint density at radius 3 is 2.79 bits per heavy atom. The van der Waals surface area contributed by atoms with Crippen LogP contribution in [-0.4, -0.2) is 34.6 Å². The van der Waals surface area contributed by atoms with E-state index < -0.39 is 6.10 Å². The topological polar surface area (TPSA) is 72.7 Å². The Balaban J connectivity index is 2.62. The molecule has 1 unspecified atom stereocenters. The highest BCUT2D eigenvalue weighted by atomic mass is 16.3. The normalized spacial score (nSPS) is 12.5. The number of anilines is 1. The van der Waals surface area contributed by atoms with Gasteiger partial charge in [0, 0.05) is 6.54 Å². The molecule has 0 amide bonds. The highest BCUT2D eigenvalue weighted by molar-refractivity contribution is 5.57. The zero-order valence-corrected chi connectivity index (χ0v) is 8.07. The van der Waals surface area contributed by atoms with Gasteiger partial charge in [0.15, 0.2) is 0 Å². The lowest BCUT2D eigenvalue weighted by atomic mass is 10.2. The van der Waals surface area contributed by atoms with Crippen molar-refractivity contribution in [2.45, 2.75) is 13.0 Å². The second kappa shape index (κ2) is 4.83. The van der Waals surface area contributed by atoms with E-state index >= 15 is 0 Å². The Bertz CT molecular complexity index is 301. The molecule has 14 heavy (non-hydrogen) atoms. The van der Waals surface area contributed by atoms with Gasteiger partial charge in [-0.2, -0.15) is 0 Å². The van der Waals surface area contributed by atoms with Crippen molar-refractivity contribution in [1.29, 1.82) is 0 Å². The molecule has 0 spiro atoms. The number of nitrogens with one attached hydrogen (secondary N) is 1. The van der Waals surface area contributed by atoms with Gasteiger partial charge in [-0.1, -0.05) is 6.07 Å². The SMILES string of the molecule is Cc1ccc(O)c(NCC(O)CO)c1. The Kier molecular flexibility index (Phi) is 3.73. The van der Waals surface area contributed by atoms with Crippen LogP contribution in [0.3, 0.4) is 0 Å². The summed E-state index contributed by atoms with van der Waals surface area (Å²) < 4.78 is 0. The first-order valence-electron chi connectivity index (χ1n) is 4.46. The molecule has 0 radical (unpaired) electrons. The minimum absolute atomic E-state index is 0.140. The maximum atomic E-state index is 9.41. The number of aromatic hydroxyl groups is 1. The zero-order chi connectivity index (χ0) is 10.6. The van der Waals surface area contributed by atoms with Crippen molar-refractivity contribution in [1.82, 2.24) is 0 Å². The summed E-state index contributed by atoms with van der Waals surface area (Å²) in [6.45, 7) is 1.83. The van der Waals surface area contributed by atoms with E-state index in [1.165, 1.54) is 0 Å². The number of aliphatic hydroxyl groups excluding tert-OH is 2. The number of benzene rings is 1. The van der Waals surface area contributed by atoms with Gasteiger partial charge in [0.1, 0.15) is 5.75 Å². The number of hydrogen-bond donors (Lipinski definition) is 4. The summed E-state index contributed by atoms with van der Waals surface area (Å²) in [5, 5.41) is 29.9. The molecule has 0 aliphatic carbocycles. The number of hydrogen-bond acceptors (Lipinski definition) is 4. The molecule has 1 aromatic carbocycles. The fourth-order valence-corrected chi connectivity index (χ4v) is 1.08. The molecule has 0 saturated heterocycles. The van der Waals surface area contributed by atoms with Crippen LogP contribution in [0, 0.1) is 6.92 Å². The molecule has 4 heteroatoms. The van der Waals surface area contributed by atoms with Crippen LogP contribution in [0.1, 0.15) is 5.56 Å². The van der Waals surface area contributed by atoms with Gasteiger partial charge < -0.3 is 20.6 Å². The largest absolute Gasteiger partial charge is 0.506 e. The molecule has 1 atom stereocenters. The summed E-state index contributed by atoms with van der Waals surface area (Å²) >= 11 is 0. The van der Waals surface area contributed by atoms with Gasteiger partial charge in [-0.05, 0) is 24.6 Å². The van der Waals surface area contributed by atoms with Crippen molar-refractivity contribution in [2.24, 2.45) is 0 Å². The van der Waals surface area contributed by atoms with E-state index in [2.05, 4.69) is 5.32 Å². The third-order valence-corrected chi connectivity index (χ3v) is 1.89. The van der Waals surface area contributed by atoms with E-state index in [1.54, 1.807) is 18.2 Å². The average Bonchev–Trinajstić information content (AvgIpc) is 2.19. The van der Waals surface area contributed by atoms with Crippen molar-refractivity contribution in [3.05, 3.63) is 23.8 Å². The Morgan fingerprint density at radius 1 is 1.43 bits per heavy atom. The first-order chi connectivity index (χ1) is 6.63. The van der Waals surface area contributed by atoms with Crippen LogP contribution >= 0.6 is 0 Å². The number of aliphatic hydroxyl groups is 2. The van der Waals surface area contributed by atoms with Crippen LogP contribution in [0.2, 0.25) is 0 Å². The number of rotatable bonds is 4. The van der Waals surface area contributed by atoms with Crippen LogP contribution < -0.4 is 5.32 Å². The molecule has 0 fully saturated rings. The van der Waals surface area contributed by atoms with Crippen LogP contribution in [0.25, 0.3) is 0 Å². The molecule has 4 N–H and O–H groups in total. The predicted molar refractivity (Wildman–Crippen MR) is 54.4 cm³/mol. The molecule has 1 rings (SSSR count). The molecule has 78 valence electrons. The molecule has 0 aliphatic heterocycles. The number of phenols is 1. The van der Waals surface area contributed by atoms with Gasteiger partial charge in [0.2, 0.25) is 0 Å². The predicted octanol–water partition coefficient (Wildman–Crippen LogP) is 0.466. The number of aryl methyl sites for hydroxylation is 1. The highest BCUT2D eigenvalue weighted by Gasteiger charge is 2.04. The van der Waals surface area contributed by atoms with Gasteiger partial charge in [-0.15, -0.1) is 0 Å². The molecule has 1 aromatic rings. The lowest BCUT2D eigenvalue weighted by Gasteiger charge is -2.11. The van der Waals surface area contributed by atoms with E-state index in [4.69, 9.17) is 10.2 Å². The zero-order valence-electron chi connectivity index (χ0n) is 8.07. The third kappa shape index (κ3) is 2.90. The van der Waals surface area contributed by atoms with E-state index in [0.29, 0.717) is 5.69 Å². The maximum absolute atomic E-state index is 9.41. The molecule has 4 nitrogen and oxygen atoms in total. The maximum Gasteiger partial charge on any atom is 0.138 e. The van der Waals surface area contributed by atoms with Crippen molar-refractivity contribution in [3.8, 4) is 5.75 Å². The van der Waals surface area contributed by atoms with Crippen LogP contribution in [0.4, 0.5) is 5.69 Å². The van der Waals surface area contributed by atoms with E-state index in [-0.39, 0.29) is 18.9 Å². The molecule has 0 saturated carbocycles. The van der Waals surface area contributed by atoms with Crippen LogP contribution in [-0.2, 0) is 0 Å². The third-order valence-electron chi connectivity index (χ3n) is 1.89. The average molecular weight is 197 g/mol. The summed E-state index contributed by atoms with van der Waals surface area (Å²) in [7, 11) is 0. The van der Waals surface area contributed by atoms with Gasteiger partial charge in [0.05, 0.1) is 18.4 Å². The van der Waals surface area contributed by atoms with Crippen LogP contribution in [0.5, 0.6) is 5.75 Å². The van der Waals surface area contributed by atoms with Gasteiger partial charge >= 0.3 is 0 Å². The fraction of sp³-hybridized carbons (Fsp3) is 0.400. The van der Waals surface area contributed by atoms with Crippen molar-refractivity contribution >= 4 is 5.69 Å². The van der Waals surface area contributed by atoms with Crippen LogP contribution in [0.15, 0.2) is 18.2 Å². The summed E-state index contributed by atoms with van der Waals surface area (Å²) in [5.41, 5.74) is 1.58. The molecule has 0 aliphatic rings.